The lowest BCUT2D eigenvalue weighted by atomic mass is 10.1. The summed E-state index contributed by atoms with van der Waals surface area (Å²) in [4.78, 5) is 22.4. The molecular weight excluding hydrogens is 292 g/mol. The molecule has 0 spiro atoms. The van der Waals surface area contributed by atoms with E-state index in [-0.39, 0.29) is 0 Å². The number of rotatable bonds is 4. The van der Waals surface area contributed by atoms with Crippen LogP contribution in [0.5, 0.6) is 0 Å². The first-order valence-corrected chi connectivity index (χ1v) is 7.20. The number of hydrogen-bond donors (Lipinski definition) is 3. The van der Waals surface area contributed by atoms with Crippen molar-refractivity contribution in [1.82, 2.24) is 9.97 Å². The van der Waals surface area contributed by atoms with Gasteiger partial charge < -0.3 is 20.4 Å². The number of aromatic amines is 2. The summed E-state index contributed by atoms with van der Waals surface area (Å²) in [5, 5.41) is 0. The first-order valence-electron chi connectivity index (χ1n) is 7.20. The maximum Gasteiger partial charge on any atom is 0.250 e. The number of carbonyl (C=O) groups excluding carboxylic acids is 1. The molecule has 6 heteroatoms. The van der Waals surface area contributed by atoms with Crippen molar-refractivity contribution < 1.29 is 9.53 Å². The predicted octanol–water partition coefficient (Wildman–Crippen LogP) is 2.43. The molecule has 3 heterocycles. The molecule has 0 saturated heterocycles. The highest BCUT2D eigenvalue weighted by Crippen LogP contribution is 2.27. The minimum Gasteiger partial charge on any atom is -0.494 e. The number of aromatic nitrogens is 2. The summed E-state index contributed by atoms with van der Waals surface area (Å²) in [7, 11) is 1.61. The molecule has 4 N–H and O–H groups in total. The van der Waals surface area contributed by atoms with E-state index in [1.165, 1.54) is 0 Å². The number of H-pyrrole nitrogens is 2. The van der Waals surface area contributed by atoms with E-state index in [4.69, 9.17) is 10.5 Å². The van der Waals surface area contributed by atoms with Crippen molar-refractivity contribution in [3.63, 3.8) is 0 Å². The van der Waals surface area contributed by atoms with Gasteiger partial charge in [-0.2, -0.15) is 0 Å². The highest BCUT2D eigenvalue weighted by Gasteiger charge is 2.19. The van der Waals surface area contributed by atoms with Crippen molar-refractivity contribution in [2.24, 2.45) is 10.7 Å². The van der Waals surface area contributed by atoms with Crippen LogP contribution in [0.25, 0.3) is 6.08 Å². The second-order valence-corrected chi connectivity index (χ2v) is 5.35. The first kappa shape index (κ1) is 14.9. The molecule has 2 aromatic heterocycles. The van der Waals surface area contributed by atoms with Crippen LogP contribution < -0.4 is 5.73 Å². The Kier molecular flexibility index (Phi) is 3.65. The molecule has 0 radical (unpaired) electrons. The number of hydrogen-bond acceptors (Lipinski definition) is 3. The number of nitrogens with zero attached hydrogens (tertiary/aromatic N) is 1. The van der Waals surface area contributed by atoms with E-state index in [0.29, 0.717) is 17.0 Å². The van der Waals surface area contributed by atoms with E-state index >= 15 is 0 Å². The Hall–Kier alpha value is -3.02. The molecule has 0 saturated carbocycles. The Morgan fingerprint density at radius 1 is 1.39 bits per heavy atom. The number of aryl methyl sites for hydroxylation is 1. The summed E-state index contributed by atoms with van der Waals surface area (Å²) in [6.07, 6.45) is 5.58. The van der Waals surface area contributed by atoms with Crippen LogP contribution in [0, 0.1) is 13.8 Å². The van der Waals surface area contributed by atoms with Crippen LogP contribution in [0.3, 0.4) is 0 Å². The Morgan fingerprint density at radius 2 is 2.17 bits per heavy atom. The summed E-state index contributed by atoms with van der Waals surface area (Å²) in [6.45, 7) is 3.68. The molecule has 0 atom stereocenters. The lowest BCUT2D eigenvalue weighted by molar-refractivity contribution is 0.0999. The third kappa shape index (κ3) is 2.59. The van der Waals surface area contributed by atoms with Crippen molar-refractivity contribution in [2.45, 2.75) is 13.8 Å². The van der Waals surface area contributed by atoms with Crippen LogP contribution in [0.4, 0.5) is 0 Å². The van der Waals surface area contributed by atoms with Gasteiger partial charge >= 0.3 is 0 Å². The first-order chi connectivity index (χ1) is 11.0. The van der Waals surface area contributed by atoms with E-state index in [1.54, 1.807) is 7.11 Å². The van der Waals surface area contributed by atoms with Gasteiger partial charge in [0.05, 0.1) is 24.1 Å². The van der Waals surface area contributed by atoms with E-state index < -0.39 is 5.91 Å². The molecule has 1 amide bonds. The van der Waals surface area contributed by atoms with Crippen molar-refractivity contribution in [1.29, 1.82) is 0 Å². The number of nitrogens with one attached hydrogen (secondary N) is 2. The number of ether oxygens (including phenoxy) is 1. The molecule has 0 aromatic carbocycles. The highest BCUT2D eigenvalue weighted by molar-refractivity contribution is 6.11. The normalized spacial score (nSPS) is 15.7. The summed E-state index contributed by atoms with van der Waals surface area (Å²) < 4.78 is 5.41. The van der Waals surface area contributed by atoms with Crippen molar-refractivity contribution >= 4 is 17.7 Å². The van der Waals surface area contributed by atoms with Gasteiger partial charge in [0.15, 0.2) is 0 Å². The molecule has 3 rings (SSSR count). The minimum atomic E-state index is -0.439. The van der Waals surface area contributed by atoms with Crippen LogP contribution in [0.1, 0.15) is 33.0 Å². The van der Waals surface area contributed by atoms with E-state index in [2.05, 4.69) is 15.0 Å². The summed E-state index contributed by atoms with van der Waals surface area (Å²) in [6, 6.07) is 3.86. The molecule has 1 aliphatic heterocycles. The molecule has 23 heavy (non-hydrogen) atoms. The molecule has 0 aliphatic carbocycles. The fraction of sp³-hybridized carbons (Fsp3) is 0.176. The standard InChI is InChI=1S/C17H18N4O2/c1-9-12(20-10(2)16(9)17(18)22)7-14-15(23-3)8-13(21-14)11-5-4-6-19-11/h4-8,19-20H,1-3H3,(H2,18,22)/b14-7-. The Morgan fingerprint density at radius 3 is 2.74 bits per heavy atom. The molecule has 0 unspecified atom stereocenters. The van der Waals surface area contributed by atoms with Crippen LogP contribution in [0.2, 0.25) is 0 Å². The van der Waals surface area contributed by atoms with Gasteiger partial charge in [-0.25, -0.2) is 4.99 Å². The van der Waals surface area contributed by atoms with Gasteiger partial charge in [0, 0.05) is 23.7 Å². The molecule has 1 aliphatic rings. The van der Waals surface area contributed by atoms with Crippen molar-refractivity contribution in [3.05, 3.63) is 64.1 Å². The zero-order chi connectivity index (χ0) is 16.6. The van der Waals surface area contributed by atoms with Crippen molar-refractivity contribution in [2.75, 3.05) is 7.11 Å². The third-order valence-electron chi connectivity index (χ3n) is 3.86. The van der Waals surface area contributed by atoms with E-state index in [1.807, 2.05) is 44.3 Å². The second kappa shape index (κ2) is 5.64. The van der Waals surface area contributed by atoms with Gasteiger partial charge in [0.2, 0.25) is 0 Å². The number of carbonyl (C=O) groups is 1. The van der Waals surface area contributed by atoms with Gasteiger partial charge in [-0.15, -0.1) is 0 Å². The lowest BCUT2D eigenvalue weighted by Gasteiger charge is -2.01. The molecule has 0 bridgehead atoms. The van der Waals surface area contributed by atoms with Crippen LogP contribution >= 0.6 is 0 Å². The quantitative estimate of drug-likeness (QED) is 0.808. The third-order valence-corrected chi connectivity index (χ3v) is 3.86. The minimum absolute atomic E-state index is 0.439. The zero-order valence-corrected chi connectivity index (χ0v) is 13.2. The van der Waals surface area contributed by atoms with Gasteiger partial charge in [0.1, 0.15) is 11.5 Å². The maximum atomic E-state index is 11.5. The summed E-state index contributed by atoms with van der Waals surface area (Å²) >= 11 is 0. The average Bonchev–Trinajstić information content (AvgIpc) is 3.19. The number of nitrogens with two attached hydrogens (primary N) is 1. The molecule has 118 valence electrons. The largest absolute Gasteiger partial charge is 0.494 e. The molecule has 0 fully saturated rings. The predicted molar refractivity (Wildman–Crippen MR) is 89.2 cm³/mol. The number of primary amides is 1. The number of methoxy groups -OCH3 is 1. The van der Waals surface area contributed by atoms with Gasteiger partial charge in [-0.3, -0.25) is 4.79 Å². The van der Waals surface area contributed by atoms with Gasteiger partial charge in [-0.05, 0) is 37.6 Å². The Balaban J connectivity index is 2.04. The van der Waals surface area contributed by atoms with Crippen LogP contribution in [0.15, 0.2) is 40.9 Å². The monoisotopic (exact) mass is 310 g/mol. The SMILES string of the molecule is COC1=CC(c2ccc[nH]2)=N/C1=C\c1[nH]c(C)c(C(N)=O)c1C. The number of allylic oxidation sites excluding steroid dienone is 1. The lowest BCUT2D eigenvalue weighted by Crippen LogP contribution is -2.12. The van der Waals surface area contributed by atoms with Crippen LogP contribution in [-0.2, 0) is 4.74 Å². The van der Waals surface area contributed by atoms with Crippen LogP contribution in [-0.4, -0.2) is 28.7 Å². The molecular formula is C17H18N4O2. The van der Waals surface area contributed by atoms with Crippen molar-refractivity contribution in [3.8, 4) is 0 Å². The number of amides is 1. The Labute approximate surface area is 133 Å². The topological polar surface area (TPSA) is 96.3 Å². The fourth-order valence-corrected chi connectivity index (χ4v) is 2.73. The summed E-state index contributed by atoms with van der Waals surface area (Å²) in [5.74, 6) is 0.229. The van der Waals surface area contributed by atoms with E-state index in [9.17, 15) is 4.79 Å². The van der Waals surface area contributed by atoms with E-state index in [0.717, 1.165) is 28.4 Å². The smallest absolute Gasteiger partial charge is 0.250 e. The Bertz CT molecular complexity index is 852. The van der Waals surface area contributed by atoms with Gasteiger partial charge in [0.25, 0.3) is 5.91 Å². The highest BCUT2D eigenvalue weighted by atomic mass is 16.5. The second-order valence-electron chi connectivity index (χ2n) is 5.35. The molecule has 6 nitrogen and oxygen atoms in total. The maximum absolute atomic E-state index is 11.5. The zero-order valence-electron chi connectivity index (χ0n) is 13.2. The number of aliphatic imine (C=N–C) groups is 1. The fourth-order valence-electron chi connectivity index (χ4n) is 2.73. The molecule has 2 aromatic rings. The van der Waals surface area contributed by atoms with Gasteiger partial charge in [-0.1, -0.05) is 0 Å². The summed E-state index contributed by atoms with van der Waals surface area (Å²) in [5.41, 5.74) is 10.7. The average molecular weight is 310 g/mol.